The van der Waals surface area contributed by atoms with Gasteiger partial charge in [0.15, 0.2) is 0 Å². The van der Waals surface area contributed by atoms with E-state index in [-0.39, 0.29) is 0 Å². The van der Waals surface area contributed by atoms with Gasteiger partial charge in [0.05, 0.1) is 9.79 Å². The molecule has 4 aromatic carbocycles. The fraction of sp³-hybridized carbons (Fsp3) is 0.0769. The van der Waals surface area contributed by atoms with Crippen molar-refractivity contribution in [2.24, 2.45) is 0 Å². The molecule has 0 heterocycles. The number of hydrogen-bond donors (Lipinski definition) is 0. The van der Waals surface area contributed by atoms with Gasteiger partial charge in [-0.15, -0.1) is 0 Å². The van der Waals surface area contributed by atoms with Gasteiger partial charge in [0.25, 0.3) is 0 Å². The molecule has 0 aliphatic heterocycles. The summed E-state index contributed by atoms with van der Waals surface area (Å²) in [6.07, 6.45) is 0. The van der Waals surface area contributed by atoms with Crippen molar-refractivity contribution in [1.82, 2.24) is 0 Å². The number of hydrogen-bond acceptors (Lipinski definition) is 2. The molecule has 2 nitrogen and oxygen atoms in total. The smallest absolute Gasteiger partial charge is 0.206 e. The fourth-order valence-corrected chi connectivity index (χ4v) is 4.54. The van der Waals surface area contributed by atoms with E-state index in [1.807, 2.05) is 62.4 Å². The molecule has 3 heteroatoms. The van der Waals surface area contributed by atoms with Gasteiger partial charge in [0, 0.05) is 0 Å². The molecular weight excluding hydrogens is 376 g/mol. The van der Waals surface area contributed by atoms with Gasteiger partial charge in [-0.25, -0.2) is 8.42 Å². The average molecular weight is 399 g/mol. The Hall–Kier alpha value is -3.17. The minimum atomic E-state index is -3.55. The first-order valence-electron chi connectivity index (χ1n) is 9.53. The molecule has 0 atom stereocenters. The van der Waals surface area contributed by atoms with Crippen LogP contribution >= 0.6 is 0 Å². The summed E-state index contributed by atoms with van der Waals surface area (Å²) in [4.78, 5) is 0.605. The van der Waals surface area contributed by atoms with E-state index in [0.717, 1.165) is 22.3 Å². The van der Waals surface area contributed by atoms with Crippen LogP contribution in [0.1, 0.15) is 11.1 Å². The van der Waals surface area contributed by atoms with Crippen LogP contribution in [-0.2, 0) is 9.84 Å². The Morgan fingerprint density at radius 1 is 0.414 bits per heavy atom. The molecule has 4 aromatic rings. The van der Waals surface area contributed by atoms with E-state index in [9.17, 15) is 8.42 Å². The zero-order chi connectivity index (χ0) is 20.4. The van der Waals surface area contributed by atoms with Crippen molar-refractivity contribution in [1.29, 1.82) is 0 Å². The first kappa shape index (κ1) is 19.2. The van der Waals surface area contributed by atoms with Crippen LogP contribution in [0.25, 0.3) is 22.3 Å². The third-order valence-corrected chi connectivity index (χ3v) is 6.88. The third kappa shape index (κ3) is 4.01. The van der Waals surface area contributed by atoms with Crippen molar-refractivity contribution in [2.75, 3.05) is 0 Å². The highest BCUT2D eigenvalue weighted by atomic mass is 32.2. The predicted octanol–water partition coefficient (Wildman–Crippen LogP) is 6.47. The Balaban J connectivity index is 1.61. The van der Waals surface area contributed by atoms with E-state index in [1.54, 1.807) is 24.3 Å². The number of benzene rings is 4. The number of sulfone groups is 1. The molecule has 0 bridgehead atoms. The van der Waals surface area contributed by atoms with Crippen molar-refractivity contribution in [3.8, 4) is 22.3 Å². The lowest BCUT2D eigenvalue weighted by Gasteiger charge is -2.08. The highest BCUT2D eigenvalue weighted by molar-refractivity contribution is 7.91. The topological polar surface area (TPSA) is 34.1 Å². The van der Waals surface area contributed by atoms with Crippen molar-refractivity contribution in [2.45, 2.75) is 23.6 Å². The first-order valence-corrected chi connectivity index (χ1v) is 11.0. The highest BCUT2D eigenvalue weighted by Gasteiger charge is 2.17. The molecule has 4 rings (SSSR count). The van der Waals surface area contributed by atoms with E-state index in [1.165, 1.54) is 11.1 Å². The molecule has 0 aliphatic carbocycles. The third-order valence-electron chi connectivity index (χ3n) is 5.10. The average Bonchev–Trinajstić information content (AvgIpc) is 2.75. The summed E-state index contributed by atoms with van der Waals surface area (Å²) in [6, 6.07) is 30.5. The summed E-state index contributed by atoms with van der Waals surface area (Å²) >= 11 is 0. The molecule has 0 unspecified atom stereocenters. The summed E-state index contributed by atoms with van der Waals surface area (Å²) < 4.78 is 26.0. The zero-order valence-electron chi connectivity index (χ0n) is 16.5. The molecule has 0 aliphatic rings. The lowest BCUT2D eigenvalue weighted by atomic mass is 10.0. The molecule has 144 valence electrons. The van der Waals surface area contributed by atoms with E-state index < -0.39 is 9.84 Å². The van der Waals surface area contributed by atoms with Crippen molar-refractivity contribution >= 4 is 9.84 Å². The maximum atomic E-state index is 13.0. The Morgan fingerprint density at radius 3 is 0.931 bits per heavy atom. The van der Waals surface area contributed by atoms with Crippen LogP contribution in [0.3, 0.4) is 0 Å². The van der Waals surface area contributed by atoms with Crippen LogP contribution in [0.2, 0.25) is 0 Å². The van der Waals surface area contributed by atoms with Crippen molar-refractivity contribution < 1.29 is 8.42 Å². The molecule has 0 aromatic heterocycles. The number of aryl methyl sites for hydroxylation is 2. The van der Waals surface area contributed by atoms with Crippen molar-refractivity contribution in [3.05, 3.63) is 108 Å². The van der Waals surface area contributed by atoms with Gasteiger partial charge in [-0.05, 0) is 60.4 Å². The summed E-state index contributed by atoms with van der Waals surface area (Å²) in [5, 5.41) is 0. The van der Waals surface area contributed by atoms with Crippen LogP contribution in [0, 0.1) is 13.8 Å². The first-order chi connectivity index (χ1) is 13.9. The molecule has 0 fully saturated rings. The zero-order valence-corrected chi connectivity index (χ0v) is 17.3. The van der Waals surface area contributed by atoms with Gasteiger partial charge >= 0.3 is 0 Å². The second-order valence-corrected chi connectivity index (χ2v) is 9.23. The van der Waals surface area contributed by atoms with Gasteiger partial charge in [-0.2, -0.15) is 0 Å². The maximum Gasteiger partial charge on any atom is 0.206 e. The Kier molecular flexibility index (Phi) is 5.08. The largest absolute Gasteiger partial charge is 0.219 e. The van der Waals surface area contributed by atoms with Gasteiger partial charge < -0.3 is 0 Å². The van der Waals surface area contributed by atoms with E-state index in [4.69, 9.17) is 0 Å². The molecule has 29 heavy (non-hydrogen) atoms. The standard InChI is InChI=1S/C26H22O2S/c1-19-3-7-21(8-4-19)23-11-15-25(16-12-23)29(27,28)26-17-13-24(14-18-26)22-9-5-20(2)6-10-22/h3-18H,1-2H3. The quantitative estimate of drug-likeness (QED) is 0.395. The van der Waals surface area contributed by atoms with Crippen LogP contribution in [0.15, 0.2) is 107 Å². The fourth-order valence-electron chi connectivity index (χ4n) is 3.28. The van der Waals surface area contributed by atoms with Gasteiger partial charge in [-0.3, -0.25) is 0 Å². The predicted molar refractivity (Wildman–Crippen MR) is 119 cm³/mol. The van der Waals surface area contributed by atoms with Gasteiger partial charge in [0.2, 0.25) is 9.84 Å². The van der Waals surface area contributed by atoms with Gasteiger partial charge in [0.1, 0.15) is 0 Å². The monoisotopic (exact) mass is 398 g/mol. The van der Waals surface area contributed by atoms with Gasteiger partial charge in [-0.1, -0.05) is 83.9 Å². The minimum Gasteiger partial charge on any atom is -0.219 e. The van der Waals surface area contributed by atoms with Crippen molar-refractivity contribution in [3.63, 3.8) is 0 Å². The molecule has 0 saturated carbocycles. The van der Waals surface area contributed by atoms with Crippen LogP contribution in [0.5, 0.6) is 0 Å². The van der Waals surface area contributed by atoms with Crippen LogP contribution in [-0.4, -0.2) is 8.42 Å². The Bertz CT molecular complexity index is 1120. The highest BCUT2D eigenvalue weighted by Crippen LogP contribution is 2.27. The minimum absolute atomic E-state index is 0.302. The SMILES string of the molecule is Cc1ccc(-c2ccc(S(=O)(=O)c3ccc(-c4ccc(C)cc4)cc3)cc2)cc1. The second kappa shape index (κ2) is 7.69. The molecule has 0 amide bonds. The molecule has 0 N–H and O–H groups in total. The van der Waals surface area contributed by atoms with E-state index >= 15 is 0 Å². The van der Waals surface area contributed by atoms with Crippen LogP contribution in [0.4, 0.5) is 0 Å². The molecule has 0 radical (unpaired) electrons. The Morgan fingerprint density at radius 2 is 0.655 bits per heavy atom. The second-order valence-electron chi connectivity index (χ2n) is 7.28. The van der Waals surface area contributed by atoms with Crippen LogP contribution < -0.4 is 0 Å². The summed E-state index contributed by atoms with van der Waals surface area (Å²) in [5.41, 5.74) is 6.53. The maximum absolute atomic E-state index is 13.0. The summed E-state index contributed by atoms with van der Waals surface area (Å²) in [7, 11) is -3.55. The summed E-state index contributed by atoms with van der Waals surface area (Å²) in [5.74, 6) is 0. The normalized spacial score (nSPS) is 11.4. The molecule has 0 spiro atoms. The Labute approximate surface area is 172 Å². The summed E-state index contributed by atoms with van der Waals surface area (Å²) in [6.45, 7) is 4.09. The van der Waals surface area contributed by atoms with E-state index in [0.29, 0.717) is 9.79 Å². The lowest BCUT2D eigenvalue weighted by molar-refractivity contribution is 0.596. The lowest BCUT2D eigenvalue weighted by Crippen LogP contribution is -2.01. The molecular formula is C26H22O2S. The molecule has 0 saturated heterocycles. The number of rotatable bonds is 4. The van der Waals surface area contributed by atoms with E-state index in [2.05, 4.69) is 24.3 Å².